The zero-order valence-corrected chi connectivity index (χ0v) is 12.4. The number of hydrogen-bond acceptors (Lipinski definition) is 3. The van der Waals surface area contributed by atoms with Gasteiger partial charge in [-0.2, -0.15) is 0 Å². The van der Waals surface area contributed by atoms with Crippen molar-refractivity contribution < 1.29 is 14.6 Å². The van der Waals surface area contributed by atoms with E-state index >= 15 is 0 Å². The molecule has 0 aliphatic carbocycles. The maximum atomic E-state index is 12.3. The number of aliphatic hydroxyl groups excluding tert-OH is 1. The molecular weight excluding hydrogens is 276 g/mol. The maximum Gasteiger partial charge on any atom is 0.192 e. The van der Waals surface area contributed by atoms with Gasteiger partial charge < -0.3 is 9.84 Å². The van der Waals surface area contributed by atoms with E-state index in [1.807, 2.05) is 61.5 Å². The van der Waals surface area contributed by atoms with Crippen LogP contribution < -0.4 is 0 Å². The molecule has 0 amide bonds. The second kappa shape index (κ2) is 5.87. The van der Waals surface area contributed by atoms with Crippen LogP contribution in [-0.4, -0.2) is 17.2 Å². The first-order chi connectivity index (χ1) is 10.7. The molecule has 1 heterocycles. The zero-order chi connectivity index (χ0) is 15.6. The van der Waals surface area contributed by atoms with Gasteiger partial charge in [0, 0.05) is 0 Å². The quantitative estimate of drug-likeness (QED) is 0.943. The highest BCUT2D eigenvalue weighted by atomic mass is 16.6. The molecule has 2 aromatic carbocycles. The Hall–Kier alpha value is -2.23. The molecule has 22 heavy (non-hydrogen) atoms. The van der Waals surface area contributed by atoms with E-state index in [0.717, 1.165) is 16.7 Å². The van der Waals surface area contributed by atoms with E-state index in [-0.39, 0.29) is 5.78 Å². The van der Waals surface area contributed by atoms with Crippen LogP contribution in [0, 0.1) is 0 Å². The van der Waals surface area contributed by atoms with Crippen molar-refractivity contribution in [2.24, 2.45) is 0 Å². The second-order valence-electron chi connectivity index (χ2n) is 5.36. The molecule has 0 bridgehead atoms. The standard InChI is InChI=1S/C19H18O3/c1-2-19(17(20)12-13-18(21)22-19)16-10-8-15(9-11-16)14-6-4-3-5-7-14/h3-13,18,21H,2H2,1H3/t18-,19-/m0/s1. The van der Waals surface area contributed by atoms with Gasteiger partial charge in [-0.1, -0.05) is 61.5 Å². The van der Waals surface area contributed by atoms with Crippen LogP contribution in [-0.2, 0) is 15.1 Å². The second-order valence-corrected chi connectivity index (χ2v) is 5.36. The van der Waals surface area contributed by atoms with Crippen LogP contribution in [0.5, 0.6) is 0 Å². The molecular formula is C19H18O3. The van der Waals surface area contributed by atoms with Gasteiger partial charge in [0.15, 0.2) is 17.7 Å². The summed E-state index contributed by atoms with van der Waals surface area (Å²) in [4.78, 5) is 12.3. The summed E-state index contributed by atoms with van der Waals surface area (Å²) in [7, 11) is 0. The van der Waals surface area contributed by atoms with Crippen molar-refractivity contribution in [3.8, 4) is 11.1 Å². The SMILES string of the molecule is CC[C@@]1(c2ccc(-c3ccccc3)cc2)O[C@H](O)C=CC1=O. The fourth-order valence-electron chi connectivity index (χ4n) is 2.84. The molecule has 0 spiro atoms. The molecule has 0 aromatic heterocycles. The fraction of sp³-hybridized carbons (Fsp3) is 0.211. The Morgan fingerprint density at radius 1 is 1.05 bits per heavy atom. The lowest BCUT2D eigenvalue weighted by Crippen LogP contribution is -2.43. The lowest BCUT2D eigenvalue weighted by molar-refractivity contribution is -0.183. The van der Waals surface area contributed by atoms with Crippen LogP contribution >= 0.6 is 0 Å². The summed E-state index contributed by atoms with van der Waals surface area (Å²) < 4.78 is 5.59. The molecule has 2 aromatic rings. The van der Waals surface area contributed by atoms with Crippen LogP contribution in [0.25, 0.3) is 11.1 Å². The topological polar surface area (TPSA) is 46.5 Å². The van der Waals surface area contributed by atoms with Crippen LogP contribution in [0.4, 0.5) is 0 Å². The largest absolute Gasteiger partial charge is 0.365 e. The Labute approximate surface area is 129 Å². The van der Waals surface area contributed by atoms with E-state index in [9.17, 15) is 9.90 Å². The van der Waals surface area contributed by atoms with E-state index in [1.54, 1.807) is 0 Å². The summed E-state index contributed by atoms with van der Waals surface area (Å²) in [5, 5.41) is 9.73. The number of ketones is 1. The van der Waals surface area contributed by atoms with Gasteiger partial charge in [0.2, 0.25) is 0 Å². The van der Waals surface area contributed by atoms with E-state index in [0.29, 0.717) is 6.42 Å². The number of carbonyl (C=O) groups is 1. The van der Waals surface area contributed by atoms with Gasteiger partial charge in [0.1, 0.15) is 0 Å². The zero-order valence-electron chi connectivity index (χ0n) is 12.4. The first kappa shape index (κ1) is 14.7. The third kappa shape index (κ3) is 2.49. The van der Waals surface area contributed by atoms with E-state index in [2.05, 4.69) is 0 Å². The highest BCUT2D eigenvalue weighted by Gasteiger charge is 2.42. The molecule has 1 N–H and O–H groups in total. The minimum atomic E-state index is -1.09. The Morgan fingerprint density at radius 2 is 1.68 bits per heavy atom. The first-order valence-corrected chi connectivity index (χ1v) is 7.40. The number of rotatable bonds is 3. The minimum Gasteiger partial charge on any atom is -0.365 e. The van der Waals surface area contributed by atoms with Crippen molar-refractivity contribution in [2.75, 3.05) is 0 Å². The number of aliphatic hydroxyl groups is 1. The molecule has 0 radical (unpaired) electrons. The van der Waals surface area contributed by atoms with Crippen molar-refractivity contribution in [3.05, 3.63) is 72.3 Å². The molecule has 112 valence electrons. The van der Waals surface area contributed by atoms with Gasteiger partial charge in [-0.15, -0.1) is 0 Å². The van der Waals surface area contributed by atoms with Crippen LogP contribution in [0.2, 0.25) is 0 Å². The first-order valence-electron chi connectivity index (χ1n) is 7.40. The summed E-state index contributed by atoms with van der Waals surface area (Å²) in [5.41, 5.74) is 1.87. The van der Waals surface area contributed by atoms with Gasteiger partial charge >= 0.3 is 0 Å². The summed E-state index contributed by atoms with van der Waals surface area (Å²) in [5.74, 6) is -0.132. The summed E-state index contributed by atoms with van der Waals surface area (Å²) >= 11 is 0. The molecule has 0 fully saturated rings. The predicted molar refractivity (Wildman–Crippen MR) is 85.1 cm³/mol. The fourth-order valence-corrected chi connectivity index (χ4v) is 2.84. The third-order valence-corrected chi connectivity index (χ3v) is 4.09. The normalized spacial score (nSPS) is 24.5. The highest BCUT2D eigenvalue weighted by molar-refractivity contribution is 5.98. The molecule has 0 saturated heterocycles. The molecule has 1 aliphatic heterocycles. The third-order valence-electron chi connectivity index (χ3n) is 4.09. The molecule has 3 rings (SSSR count). The molecule has 1 aliphatic rings. The van der Waals surface area contributed by atoms with Crippen LogP contribution in [0.3, 0.4) is 0 Å². The van der Waals surface area contributed by atoms with Gasteiger partial charge in [-0.05, 0) is 35.3 Å². The number of benzene rings is 2. The molecule has 3 heteroatoms. The Kier molecular flexibility index (Phi) is 3.92. The average molecular weight is 294 g/mol. The number of carbonyl (C=O) groups excluding carboxylic acids is 1. The Balaban J connectivity index is 1.98. The molecule has 0 unspecified atom stereocenters. The molecule has 2 atom stereocenters. The van der Waals surface area contributed by atoms with Crippen molar-refractivity contribution >= 4 is 5.78 Å². The van der Waals surface area contributed by atoms with Gasteiger partial charge in [-0.25, -0.2) is 0 Å². The highest BCUT2D eigenvalue weighted by Crippen LogP contribution is 2.35. The summed E-state index contributed by atoms with van der Waals surface area (Å²) in [6, 6.07) is 17.8. The molecule has 3 nitrogen and oxygen atoms in total. The minimum absolute atomic E-state index is 0.132. The average Bonchev–Trinajstić information content (AvgIpc) is 2.58. The summed E-state index contributed by atoms with van der Waals surface area (Å²) in [6.07, 6.45) is 2.20. The lowest BCUT2D eigenvalue weighted by atomic mass is 9.84. The monoisotopic (exact) mass is 294 g/mol. The smallest absolute Gasteiger partial charge is 0.192 e. The summed E-state index contributed by atoms with van der Waals surface area (Å²) in [6.45, 7) is 1.88. The maximum absolute atomic E-state index is 12.3. The van der Waals surface area contributed by atoms with E-state index in [4.69, 9.17) is 4.74 Å². The van der Waals surface area contributed by atoms with Crippen molar-refractivity contribution in [1.29, 1.82) is 0 Å². The van der Waals surface area contributed by atoms with Gasteiger partial charge in [0.25, 0.3) is 0 Å². The Morgan fingerprint density at radius 3 is 2.32 bits per heavy atom. The van der Waals surface area contributed by atoms with Crippen molar-refractivity contribution in [1.82, 2.24) is 0 Å². The lowest BCUT2D eigenvalue weighted by Gasteiger charge is -2.35. The van der Waals surface area contributed by atoms with Crippen molar-refractivity contribution in [3.63, 3.8) is 0 Å². The predicted octanol–water partition coefficient (Wildman–Crippen LogP) is 3.43. The van der Waals surface area contributed by atoms with Crippen LogP contribution in [0.15, 0.2) is 66.7 Å². The molecule has 0 saturated carbocycles. The van der Waals surface area contributed by atoms with Crippen LogP contribution in [0.1, 0.15) is 18.9 Å². The van der Waals surface area contributed by atoms with Gasteiger partial charge in [0.05, 0.1) is 0 Å². The number of hydrogen-bond donors (Lipinski definition) is 1. The van der Waals surface area contributed by atoms with E-state index in [1.165, 1.54) is 12.2 Å². The number of ether oxygens (including phenoxy) is 1. The van der Waals surface area contributed by atoms with E-state index < -0.39 is 11.9 Å². The Bertz CT molecular complexity index is 688. The van der Waals surface area contributed by atoms with Gasteiger partial charge in [-0.3, -0.25) is 4.79 Å². The van der Waals surface area contributed by atoms with Crippen molar-refractivity contribution in [2.45, 2.75) is 25.2 Å².